The molecule has 1 amide bonds. The molecule has 6 heteroatoms. The summed E-state index contributed by atoms with van der Waals surface area (Å²) in [7, 11) is 1.64. The molecule has 0 aliphatic carbocycles. The maximum atomic E-state index is 13.8. The predicted octanol–water partition coefficient (Wildman–Crippen LogP) is 1.30. The van der Waals surface area contributed by atoms with Crippen LogP contribution in [0.15, 0.2) is 85.2 Å². The molecule has 3 aromatic carbocycles. The van der Waals surface area contributed by atoms with Crippen LogP contribution in [0, 0.1) is 5.82 Å². The maximum absolute atomic E-state index is 13.8. The number of pyridine rings is 1. The van der Waals surface area contributed by atoms with Gasteiger partial charge in [0.25, 0.3) is 5.91 Å². The third-order valence-corrected chi connectivity index (χ3v) is 5.28. The van der Waals surface area contributed by atoms with Crippen molar-refractivity contribution in [3.05, 3.63) is 108 Å². The number of aromatic nitrogens is 1. The van der Waals surface area contributed by atoms with Crippen LogP contribution >= 0.6 is 0 Å². The number of rotatable bonds is 7. The molecule has 4 nitrogen and oxygen atoms in total. The molecule has 164 valence electrons. The standard InChI is InChI=1S/C26H23FN2O2.BrH/c1-31-24-9-8-20-16-22(7-6-21(20)17-24)26(30)28-13-10-19-11-14-29(15-12-19)18-23-4-2-3-5-25(23)27;/h2-9,11-12,14-17H,10,13,18H2,1H3;1H. The Hall–Kier alpha value is -3.25. The summed E-state index contributed by atoms with van der Waals surface area (Å²) in [5.41, 5.74) is 2.39. The van der Waals surface area contributed by atoms with Gasteiger partial charge in [0.05, 0.1) is 12.7 Å². The van der Waals surface area contributed by atoms with E-state index in [0.717, 1.165) is 28.5 Å². The molecule has 0 saturated heterocycles. The number of fused-ring (bicyclic) bond motifs is 1. The lowest BCUT2D eigenvalue weighted by Crippen LogP contribution is -3.00. The van der Waals surface area contributed by atoms with Crippen LogP contribution in [0.4, 0.5) is 4.39 Å². The molecule has 0 atom stereocenters. The Morgan fingerprint density at radius 1 is 0.969 bits per heavy atom. The van der Waals surface area contributed by atoms with Crippen LogP contribution in [0.3, 0.4) is 0 Å². The highest BCUT2D eigenvalue weighted by Crippen LogP contribution is 2.21. The lowest BCUT2D eigenvalue weighted by molar-refractivity contribution is -0.688. The van der Waals surface area contributed by atoms with Crippen molar-refractivity contribution in [3.63, 3.8) is 0 Å². The molecule has 4 rings (SSSR count). The minimum Gasteiger partial charge on any atom is -1.00 e. The molecule has 0 radical (unpaired) electrons. The summed E-state index contributed by atoms with van der Waals surface area (Å²) < 4.78 is 21.0. The van der Waals surface area contributed by atoms with Crippen LogP contribution in [0.5, 0.6) is 5.75 Å². The van der Waals surface area contributed by atoms with E-state index in [0.29, 0.717) is 24.2 Å². The molecule has 4 aromatic rings. The minimum atomic E-state index is -0.199. The number of methoxy groups -OCH3 is 1. The third-order valence-electron chi connectivity index (χ3n) is 5.28. The highest BCUT2D eigenvalue weighted by molar-refractivity contribution is 5.98. The first-order valence-electron chi connectivity index (χ1n) is 10.2. The van der Waals surface area contributed by atoms with Gasteiger partial charge in [0.2, 0.25) is 0 Å². The van der Waals surface area contributed by atoms with Crippen LogP contribution < -0.4 is 31.6 Å². The topological polar surface area (TPSA) is 42.2 Å². The third kappa shape index (κ3) is 5.71. The van der Waals surface area contributed by atoms with Crippen LogP contribution in [0.1, 0.15) is 21.5 Å². The second kappa shape index (κ2) is 10.9. The number of carbonyl (C=O) groups is 1. The molecule has 0 aliphatic rings. The summed E-state index contributed by atoms with van der Waals surface area (Å²) in [6.07, 6.45) is 4.58. The van der Waals surface area contributed by atoms with Gasteiger partial charge in [-0.25, -0.2) is 8.96 Å². The van der Waals surface area contributed by atoms with Gasteiger partial charge in [-0.3, -0.25) is 4.79 Å². The number of benzene rings is 3. The predicted molar refractivity (Wildman–Crippen MR) is 119 cm³/mol. The van der Waals surface area contributed by atoms with Crippen molar-refractivity contribution in [2.24, 2.45) is 0 Å². The highest BCUT2D eigenvalue weighted by Gasteiger charge is 2.09. The monoisotopic (exact) mass is 494 g/mol. The van der Waals surface area contributed by atoms with Crippen molar-refractivity contribution < 1.29 is 35.5 Å². The maximum Gasteiger partial charge on any atom is 0.251 e. The summed E-state index contributed by atoms with van der Waals surface area (Å²) in [4.78, 5) is 12.5. The van der Waals surface area contributed by atoms with E-state index in [1.54, 1.807) is 19.2 Å². The van der Waals surface area contributed by atoms with Crippen LogP contribution in [0.2, 0.25) is 0 Å². The lowest BCUT2D eigenvalue weighted by atomic mass is 10.1. The Kier molecular flexibility index (Phi) is 7.95. The average molecular weight is 495 g/mol. The zero-order valence-electron chi connectivity index (χ0n) is 17.7. The first-order valence-corrected chi connectivity index (χ1v) is 10.2. The molecule has 0 saturated carbocycles. The Labute approximate surface area is 197 Å². The van der Waals surface area contributed by atoms with Gasteiger partial charge in [0, 0.05) is 24.2 Å². The Morgan fingerprint density at radius 2 is 1.69 bits per heavy atom. The van der Waals surface area contributed by atoms with E-state index in [-0.39, 0.29) is 28.7 Å². The van der Waals surface area contributed by atoms with E-state index < -0.39 is 0 Å². The van der Waals surface area contributed by atoms with Gasteiger partial charge in [0.1, 0.15) is 11.6 Å². The van der Waals surface area contributed by atoms with Gasteiger partial charge < -0.3 is 27.0 Å². The molecule has 1 aromatic heterocycles. The number of carbonyl (C=O) groups excluding carboxylic acids is 1. The molecular weight excluding hydrogens is 471 g/mol. The second-order valence-corrected chi connectivity index (χ2v) is 7.40. The van der Waals surface area contributed by atoms with Crippen LogP contribution in [-0.4, -0.2) is 19.6 Å². The fourth-order valence-corrected chi connectivity index (χ4v) is 3.50. The van der Waals surface area contributed by atoms with Gasteiger partial charge in [-0.15, -0.1) is 0 Å². The molecule has 0 bridgehead atoms. The lowest BCUT2D eigenvalue weighted by Gasteiger charge is -2.07. The summed E-state index contributed by atoms with van der Waals surface area (Å²) >= 11 is 0. The van der Waals surface area contributed by atoms with E-state index in [1.807, 2.05) is 71.6 Å². The van der Waals surface area contributed by atoms with E-state index in [9.17, 15) is 9.18 Å². The van der Waals surface area contributed by atoms with Crippen molar-refractivity contribution in [1.29, 1.82) is 0 Å². The Balaban J connectivity index is 0.00000289. The van der Waals surface area contributed by atoms with Gasteiger partial charge in [-0.05, 0) is 59.2 Å². The fraction of sp³-hybridized carbons (Fsp3) is 0.154. The summed E-state index contributed by atoms with van der Waals surface area (Å²) in [6, 6.07) is 22.2. The summed E-state index contributed by atoms with van der Waals surface area (Å²) in [6.45, 7) is 1.02. The second-order valence-electron chi connectivity index (χ2n) is 7.40. The molecule has 0 fully saturated rings. The molecule has 1 N–H and O–H groups in total. The largest absolute Gasteiger partial charge is 1.00 e. The highest BCUT2D eigenvalue weighted by atomic mass is 79.9. The number of amides is 1. The fourth-order valence-electron chi connectivity index (χ4n) is 3.50. The van der Waals surface area contributed by atoms with Crippen LogP contribution in [0.25, 0.3) is 10.8 Å². The van der Waals surface area contributed by atoms with E-state index in [1.165, 1.54) is 6.07 Å². The van der Waals surface area contributed by atoms with Gasteiger partial charge in [-0.1, -0.05) is 24.3 Å². The van der Waals surface area contributed by atoms with Crippen LogP contribution in [-0.2, 0) is 13.0 Å². The zero-order valence-corrected chi connectivity index (χ0v) is 19.3. The first-order chi connectivity index (χ1) is 15.1. The summed E-state index contributed by atoms with van der Waals surface area (Å²) in [5.74, 6) is 0.501. The molecule has 0 spiro atoms. The number of hydrogen-bond acceptors (Lipinski definition) is 2. The van der Waals surface area contributed by atoms with Gasteiger partial charge in [0.15, 0.2) is 18.9 Å². The SMILES string of the molecule is COc1ccc2cc(C(=O)NCCc3cc[n+](Cc4ccccc4F)cc3)ccc2c1.[Br-]. The smallest absolute Gasteiger partial charge is 0.251 e. The molecular formula is C26H24BrFN2O2. The zero-order chi connectivity index (χ0) is 21.6. The number of halogens is 2. The van der Waals surface area contributed by atoms with Crippen molar-refractivity contribution in [2.75, 3.05) is 13.7 Å². The van der Waals surface area contributed by atoms with Gasteiger partial charge >= 0.3 is 0 Å². The Morgan fingerprint density at radius 3 is 2.44 bits per heavy atom. The summed E-state index contributed by atoms with van der Waals surface area (Å²) in [5, 5.41) is 5.00. The minimum absolute atomic E-state index is 0. The van der Waals surface area contributed by atoms with Crippen molar-refractivity contribution in [2.45, 2.75) is 13.0 Å². The first kappa shape index (κ1) is 23.4. The number of nitrogens with zero attached hydrogens (tertiary/aromatic N) is 1. The normalized spacial score (nSPS) is 10.4. The van der Waals surface area contributed by atoms with Crippen molar-refractivity contribution in [3.8, 4) is 5.75 Å². The molecule has 32 heavy (non-hydrogen) atoms. The number of ether oxygens (including phenoxy) is 1. The molecule has 1 heterocycles. The molecule has 0 unspecified atom stereocenters. The number of hydrogen-bond donors (Lipinski definition) is 1. The Bertz CT molecular complexity index is 1210. The van der Waals surface area contributed by atoms with Gasteiger partial charge in [-0.2, -0.15) is 0 Å². The van der Waals surface area contributed by atoms with E-state index >= 15 is 0 Å². The van der Waals surface area contributed by atoms with E-state index in [2.05, 4.69) is 5.32 Å². The van der Waals surface area contributed by atoms with E-state index in [4.69, 9.17) is 4.74 Å². The van der Waals surface area contributed by atoms with Crippen molar-refractivity contribution >= 4 is 16.7 Å². The molecule has 0 aliphatic heterocycles. The quantitative estimate of drug-likeness (QED) is 0.393. The average Bonchev–Trinajstić information content (AvgIpc) is 2.81. The van der Waals surface area contributed by atoms with Crippen molar-refractivity contribution in [1.82, 2.24) is 5.32 Å². The number of nitrogens with one attached hydrogen (secondary N) is 1.